The van der Waals surface area contributed by atoms with Gasteiger partial charge in [0.05, 0.1) is 0 Å². The van der Waals surface area contributed by atoms with Gasteiger partial charge < -0.3 is 9.88 Å². The van der Waals surface area contributed by atoms with Gasteiger partial charge in [0.1, 0.15) is 0 Å². The first-order chi connectivity index (χ1) is 10.4. The predicted molar refractivity (Wildman–Crippen MR) is 89.8 cm³/mol. The minimum atomic E-state index is 0.896. The van der Waals surface area contributed by atoms with Gasteiger partial charge in [-0.15, -0.1) is 0 Å². The molecule has 4 rings (SSSR count). The minimum absolute atomic E-state index is 0.896. The van der Waals surface area contributed by atoms with Crippen LogP contribution in [0.3, 0.4) is 0 Å². The second kappa shape index (κ2) is 5.19. The second-order valence-electron chi connectivity index (χ2n) is 6.28. The van der Waals surface area contributed by atoms with Crippen LogP contribution in [0.5, 0.6) is 0 Å². The summed E-state index contributed by atoms with van der Waals surface area (Å²) in [6.45, 7) is 2.21. The van der Waals surface area contributed by atoms with Crippen LogP contribution in [-0.4, -0.2) is 18.2 Å². The first-order valence-electron chi connectivity index (χ1n) is 8.01. The molecule has 0 aliphatic heterocycles. The average Bonchev–Trinajstić information content (AvgIpc) is 3.29. The number of benzene rings is 2. The first kappa shape index (κ1) is 12.9. The Morgan fingerprint density at radius 2 is 1.86 bits per heavy atom. The standard InChI is InChI=1S/C19H22N2/c1-20-11-10-14-8-9-19-17(12-14)16-4-2-3-5-18(16)21(19)13-15-6-7-15/h2-5,8-9,12,15,20H,6-7,10-11,13H2,1H3. The number of likely N-dealkylation sites (N-methyl/N-ethyl adjacent to an activating group) is 1. The second-order valence-corrected chi connectivity index (χ2v) is 6.28. The molecule has 1 aliphatic rings. The number of nitrogens with one attached hydrogen (secondary N) is 1. The molecule has 108 valence electrons. The molecule has 21 heavy (non-hydrogen) atoms. The van der Waals surface area contributed by atoms with Crippen LogP contribution in [0, 0.1) is 5.92 Å². The van der Waals surface area contributed by atoms with Gasteiger partial charge in [-0.05, 0) is 62.5 Å². The minimum Gasteiger partial charge on any atom is -0.340 e. The van der Waals surface area contributed by atoms with Crippen LogP contribution < -0.4 is 5.32 Å². The van der Waals surface area contributed by atoms with Gasteiger partial charge in [0.15, 0.2) is 0 Å². The summed E-state index contributed by atoms with van der Waals surface area (Å²) in [4.78, 5) is 0. The molecule has 2 heteroatoms. The smallest absolute Gasteiger partial charge is 0.0491 e. The van der Waals surface area contributed by atoms with Crippen molar-refractivity contribution in [2.45, 2.75) is 25.8 Å². The summed E-state index contributed by atoms with van der Waals surface area (Å²) in [5.74, 6) is 0.896. The maximum Gasteiger partial charge on any atom is 0.0491 e. The zero-order valence-corrected chi connectivity index (χ0v) is 12.6. The Labute approximate surface area is 125 Å². The van der Waals surface area contributed by atoms with Gasteiger partial charge in [-0.25, -0.2) is 0 Å². The molecular weight excluding hydrogens is 256 g/mol. The van der Waals surface area contributed by atoms with Crippen LogP contribution in [-0.2, 0) is 13.0 Å². The summed E-state index contributed by atoms with van der Waals surface area (Å²) in [7, 11) is 2.01. The molecule has 3 aromatic rings. The van der Waals surface area contributed by atoms with Crippen LogP contribution in [0.1, 0.15) is 18.4 Å². The van der Waals surface area contributed by atoms with E-state index in [1.54, 1.807) is 0 Å². The third-order valence-corrected chi connectivity index (χ3v) is 4.64. The van der Waals surface area contributed by atoms with Gasteiger partial charge in [0.2, 0.25) is 0 Å². The van der Waals surface area contributed by atoms with Gasteiger partial charge in [0, 0.05) is 28.4 Å². The molecule has 1 aliphatic carbocycles. The van der Waals surface area contributed by atoms with Crippen LogP contribution in [0.15, 0.2) is 42.5 Å². The van der Waals surface area contributed by atoms with Gasteiger partial charge in [-0.2, -0.15) is 0 Å². The molecule has 1 fully saturated rings. The number of rotatable bonds is 5. The molecule has 1 saturated carbocycles. The van der Waals surface area contributed by atoms with Crippen molar-refractivity contribution in [3.8, 4) is 0 Å². The molecule has 0 amide bonds. The molecule has 2 aromatic carbocycles. The molecule has 1 heterocycles. The Balaban J connectivity index is 1.88. The zero-order chi connectivity index (χ0) is 14.2. The normalized spacial score (nSPS) is 15.1. The first-order valence-corrected chi connectivity index (χ1v) is 8.01. The van der Waals surface area contributed by atoms with Crippen LogP contribution >= 0.6 is 0 Å². The lowest BCUT2D eigenvalue weighted by Gasteiger charge is -2.06. The molecule has 0 saturated heterocycles. The molecule has 0 radical (unpaired) electrons. The Morgan fingerprint density at radius 1 is 1.05 bits per heavy atom. The van der Waals surface area contributed by atoms with E-state index >= 15 is 0 Å². The molecule has 0 unspecified atom stereocenters. The summed E-state index contributed by atoms with van der Waals surface area (Å²) < 4.78 is 2.53. The molecule has 0 bridgehead atoms. The van der Waals surface area contributed by atoms with Crippen LogP contribution in [0.2, 0.25) is 0 Å². The lowest BCUT2D eigenvalue weighted by Crippen LogP contribution is -2.10. The highest BCUT2D eigenvalue weighted by Gasteiger charge is 2.23. The Bertz CT molecular complexity index is 781. The summed E-state index contributed by atoms with van der Waals surface area (Å²) in [6, 6.07) is 15.9. The van der Waals surface area contributed by atoms with Crippen molar-refractivity contribution in [1.29, 1.82) is 0 Å². The highest BCUT2D eigenvalue weighted by Crippen LogP contribution is 2.36. The van der Waals surface area contributed by atoms with E-state index in [0.717, 1.165) is 18.9 Å². The number of aromatic nitrogens is 1. The summed E-state index contributed by atoms with van der Waals surface area (Å²) in [5.41, 5.74) is 4.22. The fraction of sp³-hybridized carbons (Fsp3) is 0.368. The Morgan fingerprint density at radius 3 is 2.67 bits per heavy atom. The van der Waals surface area contributed by atoms with E-state index in [9.17, 15) is 0 Å². The van der Waals surface area contributed by atoms with Crippen molar-refractivity contribution in [3.05, 3.63) is 48.0 Å². The van der Waals surface area contributed by atoms with Crippen molar-refractivity contribution < 1.29 is 0 Å². The van der Waals surface area contributed by atoms with Gasteiger partial charge in [-0.1, -0.05) is 24.3 Å². The average molecular weight is 278 g/mol. The summed E-state index contributed by atoms with van der Waals surface area (Å²) >= 11 is 0. The number of hydrogen-bond donors (Lipinski definition) is 1. The third-order valence-electron chi connectivity index (χ3n) is 4.64. The highest BCUT2D eigenvalue weighted by atomic mass is 15.0. The molecule has 1 aromatic heterocycles. The monoisotopic (exact) mass is 278 g/mol. The van der Waals surface area contributed by atoms with E-state index in [1.165, 1.54) is 46.8 Å². The number of hydrogen-bond acceptors (Lipinski definition) is 1. The van der Waals surface area contributed by atoms with E-state index < -0.39 is 0 Å². The Kier molecular flexibility index (Phi) is 3.19. The van der Waals surface area contributed by atoms with E-state index in [2.05, 4.69) is 52.3 Å². The van der Waals surface area contributed by atoms with E-state index in [0.29, 0.717) is 0 Å². The third kappa shape index (κ3) is 2.34. The summed E-state index contributed by atoms with van der Waals surface area (Å²) in [5, 5.41) is 6.05. The lowest BCUT2D eigenvalue weighted by atomic mass is 10.1. The molecule has 2 nitrogen and oxygen atoms in total. The van der Waals surface area contributed by atoms with Gasteiger partial charge in [0.25, 0.3) is 0 Å². The molecule has 1 N–H and O–H groups in total. The number of fused-ring (bicyclic) bond motifs is 3. The number of para-hydroxylation sites is 1. The van der Waals surface area contributed by atoms with Crippen molar-refractivity contribution >= 4 is 21.8 Å². The van der Waals surface area contributed by atoms with Crippen LogP contribution in [0.25, 0.3) is 21.8 Å². The van der Waals surface area contributed by atoms with Crippen LogP contribution in [0.4, 0.5) is 0 Å². The topological polar surface area (TPSA) is 17.0 Å². The maximum absolute atomic E-state index is 3.24. The molecule has 0 atom stereocenters. The Hall–Kier alpha value is -1.80. The highest BCUT2D eigenvalue weighted by molar-refractivity contribution is 6.08. The fourth-order valence-corrected chi connectivity index (χ4v) is 3.28. The van der Waals surface area contributed by atoms with Gasteiger partial charge >= 0.3 is 0 Å². The number of nitrogens with zero attached hydrogens (tertiary/aromatic N) is 1. The SMILES string of the molecule is CNCCc1ccc2c(c1)c1ccccc1n2CC1CC1. The molecular formula is C19H22N2. The van der Waals surface area contributed by atoms with E-state index in [-0.39, 0.29) is 0 Å². The fourth-order valence-electron chi connectivity index (χ4n) is 3.28. The van der Waals surface area contributed by atoms with Crippen molar-refractivity contribution in [1.82, 2.24) is 9.88 Å². The van der Waals surface area contributed by atoms with E-state index in [4.69, 9.17) is 0 Å². The van der Waals surface area contributed by atoms with Crippen molar-refractivity contribution in [2.75, 3.05) is 13.6 Å². The largest absolute Gasteiger partial charge is 0.340 e. The van der Waals surface area contributed by atoms with Gasteiger partial charge in [-0.3, -0.25) is 0 Å². The van der Waals surface area contributed by atoms with E-state index in [1.807, 2.05) is 7.05 Å². The molecule has 0 spiro atoms. The summed E-state index contributed by atoms with van der Waals surface area (Å²) in [6.07, 6.45) is 3.89. The van der Waals surface area contributed by atoms with Crippen molar-refractivity contribution in [3.63, 3.8) is 0 Å². The quantitative estimate of drug-likeness (QED) is 0.747. The van der Waals surface area contributed by atoms with Crippen molar-refractivity contribution in [2.24, 2.45) is 5.92 Å². The lowest BCUT2D eigenvalue weighted by molar-refractivity contribution is 0.664. The maximum atomic E-state index is 3.24. The predicted octanol–water partition coefficient (Wildman–Crippen LogP) is 3.97. The zero-order valence-electron chi connectivity index (χ0n) is 12.6.